The zero-order valence-corrected chi connectivity index (χ0v) is 18.6. The van der Waals surface area contributed by atoms with E-state index in [1.165, 1.54) is 44.9 Å². The number of carbonyl (C=O) groups excluding carboxylic acids is 1. The van der Waals surface area contributed by atoms with Crippen molar-refractivity contribution in [1.29, 1.82) is 0 Å². The summed E-state index contributed by atoms with van der Waals surface area (Å²) >= 11 is 0. The van der Waals surface area contributed by atoms with Gasteiger partial charge in [-0.25, -0.2) is 0 Å². The van der Waals surface area contributed by atoms with Gasteiger partial charge in [-0.1, -0.05) is 20.8 Å². The molecule has 4 fully saturated rings. The summed E-state index contributed by atoms with van der Waals surface area (Å²) in [6.07, 6.45) is 12.5. The maximum absolute atomic E-state index is 11.1. The minimum atomic E-state index is -0.652. The Morgan fingerprint density at radius 3 is 2.52 bits per heavy atom. The number of aliphatic carboxylic acids is 1. The summed E-state index contributed by atoms with van der Waals surface area (Å²) in [7, 11) is 0. The Morgan fingerprint density at radius 1 is 1.07 bits per heavy atom. The molecule has 29 heavy (non-hydrogen) atoms. The van der Waals surface area contributed by atoms with Crippen LogP contribution in [-0.2, 0) is 14.3 Å². The normalized spacial score (nSPS) is 47.4. The third kappa shape index (κ3) is 3.53. The summed E-state index contributed by atoms with van der Waals surface area (Å²) in [5.41, 5.74) is 0.820. The minimum Gasteiger partial charge on any atom is -0.481 e. The van der Waals surface area contributed by atoms with E-state index in [1.807, 2.05) is 0 Å². The highest BCUT2D eigenvalue weighted by Crippen LogP contribution is 2.68. The summed E-state index contributed by atoms with van der Waals surface area (Å²) in [5.74, 6) is 3.75. The molecule has 4 aliphatic rings. The number of hydrogen-bond acceptors (Lipinski definition) is 3. The van der Waals surface area contributed by atoms with Gasteiger partial charge in [-0.05, 0) is 111 Å². The molecule has 4 saturated carbocycles. The van der Waals surface area contributed by atoms with E-state index in [9.17, 15) is 9.59 Å². The molecule has 0 saturated heterocycles. The molecule has 0 heterocycles. The predicted molar refractivity (Wildman–Crippen MR) is 112 cm³/mol. The van der Waals surface area contributed by atoms with Crippen molar-refractivity contribution in [2.45, 2.75) is 97.5 Å². The number of fused-ring (bicyclic) bond motifs is 5. The van der Waals surface area contributed by atoms with Crippen molar-refractivity contribution >= 4 is 12.4 Å². The van der Waals surface area contributed by atoms with E-state index in [0.29, 0.717) is 41.5 Å². The van der Waals surface area contributed by atoms with Gasteiger partial charge in [0, 0.05) is 6.42 Å². The van der Waals surface area contributed by atoms with Crippen LogP contribution in [0.15, 0.2) is 0 Å². The van der Waals surface area contributed by atoms with E-state index in [0.717, 1.165) is 37.0 Å². The maximum atomic E-state index is 11.1. The van der Waals surface area contributed by atoms with Crippen LogP contribution in [0.3, 0.4) is 0 Å². The Balaban J connectivity index is 1.48. The summed E-state index contributed by atoms with van der Waals surface area (Å²) in [6.45, 7) is 8.05. The van der Waals surface area contributed by atoms with Crippen molar-refractivity contribution in [2.24, 2.45) is 46.3 Å². The molecule has 6 unspecified atom stereocenters. The highest BCUT2D eigenvalue weighted by molar-refractivity contribution is 5.66. The molecule has 4 rings (SSSR count). The van der Waals surface area contributed by atoms with Crippen LogP contribution in [0.5, 0.6) is 0 Å². The van der Waals surface area contributed by atoms with Gasteiger partial charge in [-0.3, -0.25) is 9.59 Å². The van der Waals surface area contributed by atoms with Gasteiger partial charge in [0.15, 0.2) is 0 Å². The van der Waals surface area contributed by atoms with Gasteiger partial charge in [0.1, 0.15) is 6.10 Å². The van der Waals surface area contributed by atoms with Crippen molar-refractivity contribution in [3.05, 3.63) is 0 Å². The first-order valence-electron chi connectivity index (χ1n) is 12.1. The molecule has 0 spiro atoms. The number of carboxylic acid groups (broad SMARTS) is 1. The number of carboxylic acids is 1. The molecule has 4 aliphatic carbocycles. The molecule has 4 nitrogen and oxygen atoms in total. The summed E-state index contributed by atoms with van der Waals surface area (Å²) in [6, 6.07) is 0. The van der Waals surface area contributed by atoms with E-state index < -0.39 is 5.97 Å². The lowest BCUT2D eigenvalue weighted by molar-refractivity contribution is -0.151. The number of rotatable bonds is 6. The fourth-order valence-corrected chi connectivity index (χ4v) is 8.95. The Morgan fingerprint density at radius 2 is 1.79 bits per heavy atom. The lowest BCUT2D eigenvalue weighted by atomic mass is 9.44. The van der Waals surface area contributed by atoms with E-state index in [4.69, 9.17) is 9.84 Å². The summed E-state index contributed by atoms with van der Waals surface area (Å²) in [5, 5.41) is 9.12. The third-order valence-corrected chi connectivity index (χ3v) is 10.4. The fourth-order valence-electron chi connectivity index (χ4n) is 8.95. The van der Waals surface area contributed by atoms with Crippen LogP contribution in [-0.4, -0.2) is 23.7 Å². The highest BCUT2D eigenvalue weighted by atomic mass is 16.5. The van der Waals surface area contributed by atoms with Crippen LogP contribution in [0.2, 0.25) is 0 Å². The third-order valence-electron chi connectivity index (χ3n) is 10.4. The lowest BCUT2D eigenvalue weighted by Crippen LogP contribution is -2.54. The molecule has 0 amide bonds. The number of carbonyl (C=O) groups is 2. The second-order valence-corrected chi connectivity index (χ2v) is 11.4. The molecule has 4 heteroatoms. The molecule has 164 valence electrons. The molecule has 0 bridgehead atoms. The molecule has 9 atom stereocenters. The molecule has 1 N–H and O–H groups in total. The lowest BCUT2D eigenvalue weighted by Gasteiger charge is -2.61. The Hall–Kier alpha value is -1.06. The van der Waals surface area contributed by atoms with Crippen molar-refractivity contribution in [3.8, 4) is 0 Å². The smallest absolute Gasteiger partial charge is 0.303 e. The van der Waals surface area contributed by atoms with Crippen molar-refractivity contribution in [1.82, 2.24) is 0 Å². The first-order valence-corrected chi connectivity index (χ1v) is 12.1. The Labute approximate surface area is 176 Å². The van der Waals surface area contributed by atoms with E-state index in [-0.39, 0.29) is 6.10 Å². The van der Waals surface area contributed by atoms with E-state index >= 15 is 0 Å². The molecule has 0 aromatic carbocycles. The standard InChI is InChI=1S/C25H40O4/c1-16(4-9-23(27)28)20-7-8-21-19-6-5-17-14-18(29-15-26)10-12-24(17,2)22(19)11-13-25(20,21)3/h15-22H,4-14H2,1-3H3,(H,27,28)/t16-,17?,18-,19?,20-,21?,22?,24?,25?/m1/s1. The molecular weight excluding hydrogens is 364 g/mol. The second kappa shape index (κ2) is 7.89. The quantitative estimate of drug-likeness (QED) is 0.578. The first kappa shape index (κ1) is 21.2. The maximum Gasteiger partial charge on any atom is 0.303 e. The van der Waals surface area contributed by atoms with Crippen molar-refractivity contribution < 1.29 is 19.4 Å². The molecule has 0 aliphatic heterocycles. The summed E-state index contributed by atoms with van der Waals surface area (Å²) in [4.78, 5) is 21.9. The zero-order chi connectivity index (χ0) is 20.8. The second-order valence-electron chi connectivity index (χ2n) is 11.4. The topological polar surface area (TPSA) is 63.6 Å². The van der Waals surface area contributed by atoms with Crippen molar-refractivity contribution in [2.75, 3.05) is 0 Å². The van der Waals surface area contributed by atoms with Crippen LogP contribution < -0.4 is 0 Å². The van der Waals surface area contributed by atoms with Crippen molar-refractivity contribution in [3.63, 3.8) is 0 Å². The zero-order valence-electron chi connectivity index (χ0n) is 18.6. The van der Waals surface area contributed by atoms with Gasteiger partial charge in [0.2, 0.25) is 0 Å². The van der Waals surface area contributed by atoms with Gasteiger partial charge < -0.3 is 9.84 Å². The Kier molecular flexibility index (Phi) is 5.76. The van der Waals surface area contributed by atoms with Crippen LogP contribution in [0.4, 0.5) is 0 Å². The van der Waals surface area contributed by atoms with E-state index in [2.05, 4.69) is 20.8 Å². The average Bonchev–Trinajstić information content (AvgIpc) is 3.04. The average molecular weight is 405 g/mol. The first-order chi connectivity index (χ1) is 13.8. The fraction of sp³-hybridized carbons (Fsp3) is 0.920. The molecule has 0 aromatic heterocycles. The van der Waals surface area contributed by atoms with Gasteiger partial charge in [0.25, 0.3) is 6.47 Å². The van der Waals surface area contributed by atoms with Crippen LogP contribution in [0, 0.1) is 46.3 Å². The SMILES string of the molecule is C[C@H](CCC(=O)O)[C@H]1CCC2C3CCC4C[C@H](OC=O)CCC4(C)C3CCC21C. The van der Waals surface area contributed by atoms with Gasteiger partial charge in [-0.15, -0.1) is 0 Å². The minimum absolute atomic E-state index is 0.141. The van der Waals surface area contributed by atoms with Gasteiger partial charge in [-0.2, -0.15) is 0 Å². The van der Waals surface area contributed by atoms with Gasteiger partial charge >= 0.3 is 5.97 Å². The van der Waals surface area contributed by atoms with Crippen LogP contribution in [0.25, 0.3) is 0 Å². The summed E-state index contributed by atoms with van der Waals surface area (Å²) < 4.78 is 5.36. The Bertz CT molecular complexity index is 632. The van der Waals surface area contributed by atoms with Crippen LogP contribution >= 0.6 is 0 Å². The molecule has 0 radical (unpaired) electrons. The van der Waals surface area contributed by atoms with Crippen LogP contribution in [0.1, 0.15) is 91.4 Å². The monoisotopic (exact) mass is 404 g/mol. The largest absolute Gasteiger partial charge is 0.481 e. The molecule has 0 aromatic rings. The number of ether oxygens (including phenoxy) is 1. The molecular formula is C25H40O4. The highest BCUT2D eigenvalue weighted by Gasteiger charge is 2.60. The van der Waals surface area contributed by atoms with E-state index in [1.54, 1.807) is 0 Å². The van der Waals surface area contributed by atoms with Gasteiger partial charge in [0.05, 0.1) is 0 Å². The predicted octanol–water partition coefficient (Wildman–Crippen LogP) is 5.69. The number of hydrogen-bond donors (Lipinski definition) is 1.